The van der Waals surface area contributed by atoms with Crippen LogP contribution in [0.4, 0.5) is 47.6 Å². The summed E-state index contributed by atoms with van der Waals surface area (Å²) < 4.78 is 43.8. The molecule has 4 aromatic heterocycles. The fourth-order valence-electron chi connectivity index (χ4n) is 10.6. The number of aromatic nitrogens is 5. The van der Waals surface area contributed by atoms with Crippen LogP contribution in [0.25, 0.3) is 11.3 Å². The minimum Gasteiger partial charge on any atom is -0.392 e. The first-order valence-electron chi connectivity index (χ1n) is 22.8. The Balaban J connectivity index is 0.924. The van der Waals surface area contributed by atoms with Crippen molar-refractivity contribution in [2.45, 2.75) is 90.8 Å². The molecule has 0 bridgehead atoms. The number of piperidine rings is 1. The number of anilines is 6. The number of hydrogen-bond acceptors (Lipinski definition) is 11. The Bertz CT molecular complexity index is 2820. The van der Waals surface area contributed by atoms with Crippen molar-refractivity contribution in [2.24, 2.45) is 12.5 Å². The number of fused-ring (bicyclic) bond motifs is 3. The number of aliphatic hydroxyl groups excluding tert-OH is 1. The summed E-state index contributed by atoms with van der Waals surface area (Å²) in [7, 11) is 1.61. The van der Waals surface area contributed by atoms with Gasteiger partial charge in [0.15, 0.2) is 5.82 Å². The Morgan fingerprint density at radius 1 is 0.970 bits per heavy atom. The molecule has 4 aliphatic rings. The van der Waals surface area contributed by atoms with Crippen molar-refractivity contribution < 1.29 is 27.9 Å². The Morgan fingerprint density at radius 3 is 2.49 bits per heavy atom. The molecule has 7 heterocycles. The van der Waals surface area contributed by atoms with Crippen LogP contribution in [0.3, 0.4) is 0 Å². The molecule has 15 nitrogen and oxygen atoms in total. The number of halogens is 3. The number of carbonyl (C=O) groups excluding carboxylic acids is 2. The number of carbonyl (C=O) groups is 2. The van der Waals surface area contributed by atoms with Gasteiger partial charge in [0, 0.05) is 111 Å². The van der Waals surface area contributed by atoms with E-state index >= 15 is 0 Å². The molecule has 5 aromatic rings. The lowest BCUT2D eigenvalue weighted by Crippen LogP contribution is -2.58. The zero-order valence-electron chi connectivity index (χ0n) is 38.4. The molecule has 9 rings (SSSR count). The van der Waals surface area contributed by atoms with Crippen molar-refractivity contribution in [3.63, 3.8) is 0 Å². The van der Waals surface area contributed by atoms with Crippen LogP contribution in [-0.4, -0.2) is 96.8 Å². The van der Waals surface area contributed by atoms with Crippen molar-refractivity contribution in [3.8, 4) is 11.3 Å². The lowest BCUT2D eigenvalue weighted by molar-refractivity contribution is -0.141. The molecule has 1 aliphatic carbocycles. The van der Waals surface area contributed by atoms with Gasteiger partial charge in [-0.3, -0.25) is 29.2 Å². The Kier molecular flexibility index (Phi) is 12.0. The third-order valence-electron chi connectivity index (χ3n) is 13.8. The monoisotopic (exact) mass is 919 g/mol. The van der Waals surface area contributed by atoms with Crippen molar-refractivity contribution in [2.75, 3.05) is 58.1 Å². The molecule has 3 aliphatic heterocycles. The SMILES string of the molecule is C=CC(=O)Nc1cc(Nc2nc(-c3ccnc(N4CCn5c(cc6c5CC(C)(C)C6)C4=O)c3CO)cn(C)c2=O)ccc1N1CCN(C2CCN(c3ccnc(C(F)(F)F)c3)[C@@H](C)C2)C[C@@H]1C. The number of nitrogens with zero attached hydrogens (tertiary/aromatic N) is 9. The van der Waals surface area contributed by atoms with Crippen molar-refractivity contribution in [1.82, 2.24) is 29.0 Å². The quantitative estimate of drug-likeness (QED) is 0.127. The van der Waals surface area contributed by atoms with E-state index in [4.69, 9.17) is 4.98 Å². The number of piperazine rings is 1. The maximum Gasteiger partial charge on any atom is 0.433 e. The number of aryl methyl sites for hydroxylation is 1. The molecule has 3 N–H and O–H groups in total. The summed E-state index contributed by atoms with van der Waals surface area (Å²) in [6.07, 6.45) is 4.48. The summed E-state index contributed by atoms with van der Waals surface area (Å²) in [5, 5.41) is 17.0. The minimum absolute atomic E-state index is 0.00676. The van der Waals surface area contributed by atoms with Gasteiger partial charge >= 0.3 is 6.18 Å². The van der Waals surface area contributed by atoms with Gasteiger partial charge in [0.25, 0.3) is 11.5 Å². The number of nitrogens with one attached hydrogen (secondary N) is 2. The summed E-state index contributed by atoms with van der Waals surface area (Å²) in [6, 6.07) is 12.2. The number of rotatable bonds is 10. The minimum atomic E-state index is -4.51. The predicted molar refractivity (Wildman–Crippen MR) is 252 cm³/mol. The molecule has 2 fully saturated rings. The van der Waals surface area contributed by atoms with Gasteiger partial charge in [-0.15, -0.1) is 0 Å². The van der Waals surface area contributed by atoms with E-state index in [1.54, 1.807) is 42.5 Å². The molecular formula is C49H56F3N11O4. The maximum atomic E-state index is 14.0. The standard InChI is InChI=1S/C49H56F3N11O4/c1-7-43(65)56-37-22-32(8-9-39(37)61-17-16-59(26-30(61)3)33-12-15-60(29(2)20-33)34-10-13-53-42(23-34)49(50,51)52)55-44-47(67)58(6)27-38(57-44)35-11-14-54-45(36(35)28-64)63-19-18-62-40(46(63)66)21-31-24-48(4,5)25-41(31)62/h7-11,13-14,21-23,27,29-30,33,64H,1,12,15-20,24-26,28H2,2-6H3,(H,55,57)(H,56,65)/t29-,30-,33?/m0/s1. The van der Waals surface area contributed by atoms with E-state index in [1.165, 1.54) is 28.1 Å². The number of hydrogen-bond donors (Lipinski definition) is 3. The molecule has 0 saturated carbocycles. The Morgan fingerprint density at radius 2 is 1.76 bits per heavy atom. The van der Waals surface area contributed by atoms with Gasteiger partial charge in [-0.25, -0.2) is 9.97 Å². The Hall–Kier alpha value is -6.53. The lowest BCUT2D eigenvalue weighted by Gasteiger charge is -2.48. The molecule has 1 unspecified atom stereocenters. The average Bonchev–Trinajstić information content (AvgIpc) is 3.79. The fourth-order valence-corrected chi connectivity index (χ4v) is 10.6. The van der Waals surface area contributed by atoms with Gasteiger partial charge in [0.05, 0.1) is 23.7 Å². The van der Waals surface area contributed by atoms with Crippen LogP contribution < -0.4 is 30.9 Å². The molecule has 0 spiro atoms. The van der Waals surface area contributed by atoms with Crippen LogP contribution in [0.1, 0.15) is 73.5 Å². The third kappa shape index (κ3) is 8.79. The highest BCUT2D eigenvalue weighted by Crippen LogP contribution is 2.41. The van der Waals surface area contributed by atoms with Gasteiger partial charge in [-0.1, -0.05) is 20.4 Å². The second-order valence-electron chi connectivity index (χ2n) is 19.0. The molecule has 3 atom stereocenters. The normalized spacial score (nSPS) is 20.7. The van der Waals surface area contributed by atoms with E-state index in [2.05, 4.69) is 69.2 Å². The van der Waals surface area contributed by atoms with Crippen LogP contribution in [0.5, 0.6) is 0 Å². The summed E-state index contributed by atoms with van der Waals surface area (Å²) >= 11 is 0. The topological polar surface area (TPSA) is 157 Å². The van der Waals surface area contributed by atoms with E-state index in [9.17, 15) is 32.7 Å². The number of alkyl halides is 3. The van der Waals surface area contributed by atoms with Gasteiger partial charge in [0.2, 0.25) is 5.91 Å². The van der Waals surface area contributed by atoms with Crippen LogP contribution in [0.15, 0.2) is 78.5 Å². The van der Waals surface area contributed by atoms with E-state index in [-0.39, 0.29) is 35.3 Å². The highest BCUT2D eigenvalue weighted by Gasteiger charge is 2.39. The zero-order chi connectivity index (χ0) is 47.5. The molecule has 2 saturated heterocycles. The van der Waals surface area contributed by atoms with E-state index in [0.717, 1.165) is 50.5 Å². The number of pyridine rings is 2. The molecule has 67 heavy (non-hydrogen) atoms. The molecule has 352 valence electrons. The van der Waals surface area contributed by atoms with Crippen molar-refractivity contribution in [3.05, 3.63) is 112 Å². The smallest absolute Gasteiger partial charge is 0.392 e. The molecule has 2 amide bonds. The summed E-state index contributed by atoms with van der Waals surface area (Å²) in [6.45, 7) is 15.6. The maximum absolute atomic E-state index is 14.0. The van der Waals surface area contributed by atoms with Crippen LogP contribution >= 0.6 is 0 Å². The van der Waals surface area contributed by atoms with Crippen LogP contribution in [0.2, 0.25) is 0 Å². The summed E-state index contributed by atoms with van der Waals surface area (Å²) in [5.74, 6) is -0.247. The first kappa shape index (κ1) is 45.6. The summed E-state index contributed by atoms with van der Waals surface area (Å²) in [5.41, 5.74) is 5.48. The lowest BCUT2D eigenvalue weighted by atomic mass is 9.90. The first-order valence-corrected chi connectivity index (χ1v) is 22.8. The number of amides is 2. The highest BCUT2D eigenvalue weighted by molar-refractivity contribution is 6.06. The number of aliphatic hydroxyl groups is 1. The second-order valence-corrected chi connectivity index (χ2v) is 19.0. The Labute approximate surface area is 386 Å². The van der Waals surface area contributed by atoms with Gasteiger partial charge < -0.3 is 34.7 Å². The predicted octanol–water partition coefficient (Wildman–Crippen LogP) is 6.77. The average molecular weight is 920 g/mol. The van der Waals surface area contributed by atoms with Crippen molar-refractivity contribution >= 4 is 46.2 Å². The largest absolute Gasteiger partial charge is 0.433 e. The fraction of sp³-hybridized carbons (Fsp3) is 0.429. The number of benzene rings is 1. The van der Waals surface area contributed by atoms with Gasteiger partial charge in [-0.05, 0) is 99.0 Å². The second kappa shape index (κ2) is 17.6. The molecule has 18 heteroatoms. The van der Waals surface area contributed by atoms with Gasteiger partial charge in [0.1, 0.15) is 17.2 Å². The summed E-state index contributed by atoms with van der Waals surface area (Å²) in [4.78, 5) is 61.7. The van der Waals surface area contributed by atoms with E-state index in [1.807, 2.05) is 23.1 Å². The highest BCUT2D eigenvalue weighted by atomic mass is 19.4. The first-order chi connectivity index (χ1) is 31.9. The van der Waals surface area contributed by atoms with Gasteiger partial charge in [-0.2, -0.15) is 13.2 Å². The van der Waals surface area contributed by atoms with E-state index in [0.29, 0.717) is 71.6 Å². The molecule has 1 aromatic carbocycles. The zero-order valence-corrected chi connectivity index (χ0v) is 38.4. The third-order valence-corrected chi connectivity index (χ3v) is 13.8. The van der Waals surface area contributed by atoms with Crippen LogP contribution in [0, 0.1) is 5.41 Å². The van der Waals surface area contributed by atoms with E-state index < -0.39 is 29.9 Å². The molecular weight excluding hydrogens is 864 g/mol. The molecule has 0 radical (unpaired) electrons. The van der Waals surface area contributed by atoms with Crippen LogP contribution in [-0.2, 0) is 44.0 Å². The van der Waals surface area contributed by atoms with Crippen molar-refractivity contribution in [1.29, 1.82) is 0 Å².